The summed E-state index contributed by atoms with van der Waals surface area (Å²) in [6.07, 6.45) is 2.10. The number of hydrogen-bond acceptors (Lipinski definition) is 5. The summed E-state index contributed by atoms with van der Waals surface area (Å²) in [5, 5.41) is 3.44. The van der Waals surface area contributed by atoms with Crippen LogP contribution in [-0.4, -0.2) is 78.5 Å². The van der Waals surface area contributed by atoms with Crippen molar-refractivity contribution in [1.29, 1.82) is 0 Å². The molecule has 3 amide bonds. The van der Waals surface area contributed by atoms with Gasteiger partial charge < -0.3 is 15.0 Å². The molecule has 9 heteroatoms. The predicted molar refractivity (Wildman–Crippen MR) is 127 cm³/mol. The fourth-order valence-electron chi connectivity index (χ4n) is 4.17. The first-order chi connectivity index (χ1) is 15.9. The average Bonchev–Trinajstić information content (AvgIpc) is 2.81. The highest BCUT2D eigenvalue weighted by Crippen LogP contribution is 2.33. The molecule has 0 saturated carbocycles. The van der Waals surface area contributed by atoms with Gasteiger partial charge in [0.15, 0.2) is 0 Å². The summed E-state index contributed by atoms with van der Waals surface area (Å²) < 4.78 is 5.40. The summed E-state index contributed by atoms with van der Waals surface area (Å²) >= 11 is 6.20. The predicted octanol–water partition coefficient (Wildman–Crippen LogP) is 2.96. The number of hydrogen-bond donors (Lipinski definition) is 1. The van der Waals surface area contributed by atoms with Crippen LogP contribution >= 0.6 is 11.6 Å². The number of halogens is 1. The zero-order chi connectivity index (χ0) is 24.0. The third-order valence-electron chi connectivity index (χ3n) is 5.83. The van der Waals surface area contributed by atoms with Gasteiger partial charge in [-0.1, -0.05) is 36.7 Å². The summed E-state index contributed by atoms with van der Waals surface area (Å²) in [5.41, 5.74) is 1.66. The molecule has 33 heavy (non-hydrogen) atoms. The van der Waals surface area contributed by atoms with Crippen LogP contribution in [0.25, 0.3) is 0 Å². The fraction of sp³-hybridized carbons (Fsp3) is 0.458. The molecule has 1 atom stereocenters. The number of amides is 3. The van der Waals surface area contributed by atoms with E-state index >= 15 is 0 Å². The summed E-state index contributed by atoms with van der Waals surface area (Å²) in [6, 6.07) is 6.09. The zero-order valence-corrected chi connectivity index (χ0v) is 19.9. The molecule has 0 bridgehead atoms. The third kappa shape index (κ3) is 5.75. The maximum absolute atomic E-state index is 13.2. The normalized spacial score (nSPS) is 19.4. The Labute approximate surface area is 199 Å². The molecule has 1 saturated heterocycles. The molecule has 0 radical (unpaired) electrons. The standard InChI is InChI=1S/C24H31ClN4O4/c1-4-10-29-19(16-27-11-13-28(14-12-27)20(30)5-2)21(23(31)33-6-3)22(26-24(29)32)17-8-7-9-18(25)15-17/h4,7-9,15,22H,1,5-6,10-14,16H2,2-3H3,(H,26,32). The van der Waals surface area contributed by atoms with E-state index in [2.05, 4.69) is 16.8 Å². The Balaban J connectivity index is 2.00. The Morgan fingerprint density at radius 3 is 2.58 bits per heavy atom. The second-order valence-corrected chi connectivity index (χ2v) is 8.36. The maximum Gasteiger partial charge on any atom is 0.338 e. The van der Waals surface area contributed by atoms with Crippen molar-refractivity contribution in [1.82, 2.24) is 20.0 Å². The highest BCUT2D eigenvalue weighted by molar-refractivity contribution is 6.30. The van der Waals surface area contributed by atoms with Gasteiger partial charge in [0.2, 0.25) is 5.91 Å². The van der Waals surface area contributed by atoms with Crippen molar-refractivity contribution in [2.24, 2.45) is 0 Å². The van der Waals surface area contributed by atoms with Gasteiger partial charge in [0.1, 0.15) is 0 Å². The number of piperazine rings is 1. The number of esters is 1. The SMILES string of the molecule is C=CCN1C(=O)NC(c2cccc(Cl)c2)C(C(=O)OCC)=C1CN1CCN(C(=O)CC)CC1. The summed E-state index contributed by atoms with van der Waals surface area (Å²) in [5.74, 6) is -0.348. The van der Waals surface area contributed by atoms with Crippen LogP contribution in [0.4, 0.5) is 4.79 Å². The Kier molecular flexibility index (Phi) is 8.52. The number of ether oxygens (including phenoxy) is 1. The lowest BCUT2D eigenvalue weighted by molar-refractivity contribution is -0.139. The van der Waals surface area contributed by atoms with Crippen LogP contribution in [0.2, 0.25) is 5.02 Å². The first-order valence-corrected chi connectivity index (χ1v) is 11.6. The molecule has 1 unspecified atom stereocenters. The van der Waals surface area contributed by atoms with Crippen LogP contribution < -0.4 is 5.32 Å². The van der Waals surface area contributed by atoms with E-state index in [1.165, 1.54) is 4.90 Å². The molecule has 1 N–H and O–H groups in total. The van der Waals surface area contributed by atoms with Crippen molar-refractivity contribution in [3.05, 3.63) is 58.8 Å². The average molecular weight is 475 g/mol. The van der Waals surface area contributed by atoms with Crippen molar-refractivity contribution >= 4 is 29.5 Å². The van der Waals surface area contributed by atoms with Crippen LogP contribution in [0.15, 0.2) is 48.2 Å². The van der Waals surface area contributed by atoms with E-state index in [0.717, 1.165) is 0 Å². The third-order valence-corrected chi connectivity index (χ3v) is 6.06. The number of carbonyl (C=O) groups is 3. The van der Waals surface area contributed by atoms with Gasteiger partial charge in [0.25, 0.3) is 0 Å². The Hall–Kier alpha value is -2.84. The number of rotatable bonds is 8. The van der Waals surface area contributed by atoms with Crippen LogP contribution in [0.3, 0.4) is 0 Å². The lowest BCUT2D eigenvalue weighted by atomic mass is 9.94. The van der Waals surface area contributed by atoms with Gasteiger partial charge in [-0.3, -0.25) is 14.6 Å². The van der Waals surface area contributed by atoms with Crippen LogP contribution in [0.5, 0.6) is 0 Å². The minimum Gasteiger partial charge on any atom is -0.463 e. The van der Waals surface area contributed by atoms with Gasteiger partial charge >= 0.3 is 12.0 Å². The highest BCUT2D eigenvalue weighted by atomic mass is 35.5. The smallest absolute Gasteiger partial charge is 0.338 e. The largest absolute Gasteiger partial charge is 0.463 e. The highest BCUT2D eigenvalue weighted by Gasteiger charge is 2.38. The molecule has 8 nitrogen and oxygen atoms in total. The van der Waals surface area contributed by atoms with E-state index in [4.69, 9.17) is 16.3 Å². The van der Waals surface area contributed by atoms with Crippen LogP contribution in [-0.2, 0) is 14.3 Å². The molecule has 3 rings (SSSR count). The Bertz CT molecular complexity index is 940. The van der Waals surface area contributed by atoms with Crippen molar-refractivity contribution in [3.63, 3.8) is 0 Å². The summed E-state index contributed by atoms with van der Waals surface area (Å²) in [4.78, 5) is 43.8. The lowest BCUT2D eigenvalue weighted by Gasteiger charge is -2.40. The summed E-state index contributed by atoms with van der Waals surface area (Å²) in [6.45, 7) is 10.7. The summed E-state index contributed by atoms with van der Waals surface area (Å²) in [7, 11) is 0. The minimum atomic E-state index is -0.686. The Morgan fingerprint density at radius 2 is 1.97 bits per heavy atom. The molecule has 2 heterocycles. The molecular weight excluding hydrogens is 444 g/mol. The minimum absolute atomic E-state index is 0.132. The van der Waals surface area contributed by atoms with E-state index in [0.29, 0.717) is 61.0 Å². The van der Waals surface area contributed by atoms with Crippen molar-refractivity contribution in [2.75, 3.05) is 45.9 Å². The van der Waals surface area contributed by atoms with E-state index in [1.807, 2.05) is 17.9 Å². The fourth-order valence-corrected chi connectivity index (χ4v) is 4.37. The molecule has 2 aliphatic rings. The molecule has 0 spiro atoms. The second kappa shape index (κ2) is 11.3. The molecular formula is C24H31ClN4O4. The molecule has 178 valence electrons. The van der Waals surface area contributed by atoms with E-state index < -0.39 is 12.0 Å². The van der Waals surface area contributed by atoms with Crippen molar-refractivity contribution < 1.29 is 19.1 Å². The molecule has 0 aromatic heterocycles. The lowest BCUT2D eigenvalue weighted by Crippen LogP contribution is -2.53. The number of carbonyl (C=O) groups excluding carboxylic acids is 3. The van der Waals surface area contributed by atoms with Gasteiger partial charge in [0, 0.05) is 56.4 Å². The van der Waals surface area contributed by atoms with Gasteiger partial charge in [-0.2, -0.15) is 0 Å². The topological polar surface area (TPSA) is 82.2 Å². The van der Waals surface area contributed by atoms with Gasteiger partial charge in [-0.25, -0.2) is 9.59 Å². The zero-order valence-electron chi connectivity index (χ0n) is 19.2. The second-order valence-electron chi connectivity index (χ2n) is 7.93. The van der Waals surface area contributed by atoms with Gasteiger partial charge in [-0.05, 0) is 24.6 Å². The van der Waals surface area contributed by atoms with E-state index in [1.54, 1.807) is 31.2 Å². The van der Waals surface area contributed by atoms with Gasteiger partial charge in [0.05, 0.1) is 18.2 Å². The number of nitrogens with one attached hydrogen (secondary N) is 1. The van der Waals surface area contributed by atoms with Gasteiger partial charge in [-0.15, -0.1) is 6.58 Å². The molecule has 1 aromatic carbocycles. The Morgan fingerprint density at radius 1 is 1.24 bits per heavy atom. The van der Waals surface area contributed by atoms with Crippen LogP contribution in [0, 0.1) is 0 Å². The molecule has 1 fully saturated rings. The van der Waals surface area contributed by atoms with Crippen molar-refractivity contribution in [2.45, 2.75) is 26.3 Å². The molecule has 0 aliphatic carbocycles. The molecule has 2 aliphatic heterocycles. The quantitative estimate of drug-likeness (QED) is 0.462. The number of urea groups is 1. The van der Waals surface area contributed by atoms with Crippen LogP contribution in [0.1, 0.15) is 31.9 Å². The van der Waals surface area contributed by atoms with Crippen molar-refractivity contribution in [3.8, 4) is 0 Å². The monoisotopic (exact) mass is 474 g/mol. The van der Waals surface area contributed by atoms with E-state index in [-0.39, 0.29) is 25.1 Å². The number of nitrogens with zero attached hydrogens (tertiary/aromatic N) is 3. The first-order valence-electron chi connectivity index (χ1n) is 11.2. The number of benzene rings is 1. The first kappa shape index (κ1) is 24.8. The maximum atomic E-state index is 13.2. The van der Waals surface area contributed by atoms with E-state index in [9.17, 15) is 14.4 Å². The molecule has 1 aromatic rings.